The first-order valence-electron chi connectivity index (χ1n) is 10.6. The Kier molecular flexibility index (Phi) is 4.96. The SMILES string of the molecule is O=C(CCc1nc2sc3c(c2c(=O)[nH]1)CCCC3)Nc1cccc2c1CCCC2. The number of fused-ring (bicyclic) bond motifs is 4. The highest BCUT2D eigenvalue weighted by atomic mass is 32.1. The molecule has 2 aliphatic carbocycles. The van der Waals surface area contributed by atoms with Gasteiger partial charge in [-0.05, 0) is 74.1 Å². The molecule has 0 bridgehead atoms. The van der Waals surface area contributed by atoms with Crippen LogP contribution in [0.4, 0.5) is 5.69 Å². The van der Waals surface area contributed by atoms with Crippen molar-refractivity contribution >= 4 is 33.1 Å². The number of anilines is 1. The average Bonchev–Trinajstić information content (AvgIpc) is 3.11. The number of nitrogens with zero attached hydrogens (tertiary/aromatic N) is 1. The maximum atomic E-state index is 12.6. The zero-order valence-electron chi connectivity index (χ0n) is 16.5. The van der Waals surface area contributed by atoms with Gasteiger partial charge in [0.05, 0.1) is 5.39 Å². The van der Waals surface area contributed by atoms with Crippen molar-refractivity contribution in [2.45, 2.75) is 64.2 Å². The van der Waals surface area contributed by atoms with Crippen molar-refractivity contribution in [1.29, 1.82) is 0 Å². The second-order valence-corrected chi connectivity index (χ2v) is 9.19. The topological polar surface area (TPSA) is 74.8 Å². The van der Waals surface area contributed by atoms with Gasteiger partial charge in [0.2, 0.25) is 5.91 Å². The third-order valence-corrected chi connectivity index (χ3v) is 7.32. The van der Waals surface area contributed by atoms with Gasteiger partial charge in [0.1, 0.15) is 10.7 Å². The Bertz CT molecular complexity index is 1140. The maximum Gasteiger partial charge on any atom is 0.259 e. The molecule has 3 aromatic rings. The van der Waals surface area contributed by atoms with Crippen molar-refractivity contribution in [3.63, 3.8) is 0 Å². The molecule has 5 nitrogen and oxygen atoms in total. The molecule has 5 rings (SSSR count). The number of aromatic amines is 1. The van der Waals surface area contributed by atoms with Crippen LogP contribution in [-0.4, -0.2) is 15.9 Å². The number of hydrogen-bond acceptors (Lipinski definition) is 4. The van der Waals surface area contributed by atoms with Crippen molar-refractivity contribution in [3.8, 4) is 0 Å². The zero-order valence-corrected chi connectivity index (χ0v) is 17.3. The van der Waals surface area contributed by atoms with Gasteiger partial charge in [-0.3, -0.25) is 9.59 Å². The molecule has 1 aromatic carbocycles. The third kappa shape index (κ3) is 3.62. The van der Waals surface area contributed by atoms with Crippen molar-refractivity contribution in [2.75, 3.05) is 5.32 Å². The maximum absolute atomic E-state index is 12.6. The lowest BCUT2D eigenvalue weighted by molar-refractivity contribution is -0.116. The number of aryl methyl sites for hydroxylation is 4. The first kappa shape index (κ1) is 18.6. The summed E-state index contributed by atoms with van der Waals surface area (Å²) in [6.45, 7) is 0. The van der Waals surface area contributed by atoms with Gasteiger partial charge in [0, 0.05) is 23.4 Å². The second-order valence-electron chi connectivity index (χ2n) is 8.10. The van der Waals surface area contributed by atoms with Gasteiger partial charge in [-0.25, -0.2) is 4.98 Å². The molecule has 0 saturated carbocycles. The summed E-state index contributed by atoms with van der Waals surface area (Å²) in [6, 6.07) is 6.17. The van der Waals surface area contributed by atoms with E-state index in [1.165, 1.54) is 40.8 Å². The minimum Gasteiger partial charge on any atom is -0.326 e. The van der Waals surface area contributed by atoms with E-state index in [0.29, 0.717) is 18.7 Å². The minimum absolute atomic E-state index is 0.0304. The number of carbonyl (C=O) groups is 1. The highest BCUT2D eigenvalue weighted by Crippen LogP contribution is 2.33. The van der Waals surface area contributed by atoms with E-state index in [2.05, 4.69) is 21.4 Å². The molecule has 0 radical (unpaired) electrons. The summed E-state index contributed by atoms with van der Waals surface area (Å²) in [7, 11) is 0. The normalized spacial score (nSPS) is 15.7. The highest BCUT2D eigenvalue weighted by molar-refractivity contribution is 7.18. The number of nitrogens with one attached hydrogen (secondary N) is 2. The molecule has 29 heavy (non-hydrogen) atoms. The van der Waals surface area contributed by atoms with Crippen LogP contribution >= 0.6 is 11.3 Å². The summed E-state index contributed by atoms with van der Waals surface area (Å²) >= 11 is 1.65. The van der Waals surface area contributed by atoms with Gasteiger partial charge in [-0.15, -0.1) is 11.3 Å². The van der Waals surface area contributed by atoms with Crippen LogP contribution in [0, 0.1) is 0 Å². The zero-order chi connectivity index (χ0) is 19.8. The first-order valence-corrected chi connectivity index (χ1v) is 11.4. The van der Waals surface area contributed by atoms with Gasteiger partial charge in [0.15, 0.2) is 0 Å². The summed E-state index contributed by atoms with van der Waals surface area (Å²) in [5.74, 6) is 0.573. The van der Waals surface area contributed by atoms with E-state index >= 15 is 0 Å². The monoisotopic (exact) mass is 407 g/mol. The number of thiophene rings is 1. The third-order valence-electron chi connectivity index (χ3n) is 6.13. The van der Waals surface area contributed by atoms with Gasteiger partial charge < -0.3 is 10.3 Å². The highest BCUT2D eigenvalue weighted by Gasteiger charge is 2.20. The van der Waals surface area contributed by atoms with Crippen LogP contribution in [0.25, 0.3) is 10.2 Å². The Morgan fingerprint density at radius 2 is 1.86 bits per heavy atom. The molecule has 2 N–H and O–H groups in total. The van der Waals surface area contributed by atoms with E-state index in [1.807, 2.05) is 12.1 Å². The van der Waals surface area contributed by atoms with E-state index in [4.69, 9.17) is 0 Å². The molecule has 0 spiro atoms. The van der Waals surface area contributed by atoms with E-state index in [0.717, 1.165) is 48.0 Å². The number of rotatable bonds is 4. The average molecular weight is 408 g/mol. The van der Waals surface area contributed by atoms with Crippen molar-refractivity contribution in [3.05, 3.63) is 55.9 Å². The largest absolute Gasteiger partial charge is 0.326 e. The summed E-state index contributed by atoms with van der Waals surface area (Å²) < 4.78 is 0. The summed E-state index contributed by atoms with van der Waals surface area (Å²) in [5.41, 5.74) is 4.72. The van der Waals surface area contributed by atoms with Crippen LogP contribution in [-0.2, 0) is 36.9 Å². The molecule has 2 aromatic heterocycles. The summed E-state index contributed by atoms with van der Waals surface area (Å²) in [4.78, 5) is 34.9. The van der Waals surface area contributed by atoms with Gasteiger partial charge in [0.25, 0.3) is 5.56 Å². The number of aromatic nitrogens is 2. The van der Waals surface area contributed by atoms with Crippen LogP contribution in [0.15, 0.2) is 23.0 Å². The molecule has 0 atom stereocenters. The quantitative estimate of drug-likeness (QED) is 0.677. The smallest absolute Gasteiger partial charge is 0.259 e. The minimum atomic E-state index is -0.0538. The fourth-order valence-corrected chi connectivity index (χ4v) is 5.95. The van der Waals surface area contributed by atoms with Crippen LogP contribution in [0.3, 0.4) is 0 Å². The van der Waals surface area contributed by atoms with Crippen LogP contribution < -0.4 is 10.9 Å². The molecular weight excluding hydrogens is 382 g/mol. The molecule has 0 fully saturated rings. The number of carbonyl (C=O) groups excluding carboxylic acids is 1. The van der Waals surface area contributed by atoms with Crippen molar-refractivity contribution in [2.24, 2.45) is 0 Å². The number of benzene rings is 1. The molecule has 0 saturated heterocycles. The number of H-pyrrole nitrogens is 1. The first-order chi connectivity index (χ1) is 14.2. The summed E-state index contributed by atoms with van der Waals surface area (Å²) in [5, 5.41) is 3.85. The fourth-order valence-electron chi connectivity index (χ4n) is 4.67. The fraction of sp³-hybridized carbons (Fsp3) is 0.435. The van der Waals surface area contributed by atoms with Gasteiger partial charge in [-0.2, -0.15) is 0 Å². The lowest BCUT2D eigenvalue weighted by Crippen LogP contribution is -2.18. The van der Waals surface area contributed by atoms with Gasteiger partial charge in [-0.1, -0.05) is 12.1 Å². The van der Waals surface area contributed by atoms with Crippen molar-refractivity contribution < 1.29 is 4.79 Å². The van der Waals surface area contributed by atoms with E-state index < -0.39 is 0 Å². The lowest BCUT2D eigenvalue weighted by atomic mass is 9.90. The lowest BCUT2D eigenvalue weighted by Gasteiger charge is -2.19. The predicted molar refractivity (Wildman–Crippen MR) is 117 cm³/mol. The van der Waals surface area contributed by atoms with Crippen LogP contribution in [0.2, 0.25) is 0 Å². The predicted octanol–water partition coefficient (Wildman–Crippen LogP) is 4.31. The Balaban J connectivity index is 1.31. The van der Waals surface area contributed by atoms with E-state index in [9.17, 15) is 9.59 Å². The van der Waals surface area contributed by atoms with Crippen molar-refractivity contribution in [1.82, 2.24) is 9.97 Å². The molecule has 150 valence electrons. The van der Waals surface area contributed by atoms with Gasteiger partial charge >= 0.3 is 0 Å². The van der Waals surface area contributed by atoms with Crippen LogP contribution in [0.1, 0.15) is 59.5 Å². The molecule has 2 aliphatic rings. The van der Waals surface area contributed by atoms with Crippen LogP contribution in [0.5, 0.6) is 0 Å². The standard InChI is InChI=1S/C23H25N3O2S/c27-20(24-17-10-5-7-14-6-1-2-8-15(14)17)13-12-19-25-22(28)21-16-9-3-4-11-18(16)29-23(21)26-19/h5,7,10H,1-4,6,8-9,11-13H2,(H,24,27)(H,25,26,28). The van der Waals surface area contributed by atoms with E-state index in [1.54, 1.807) is 11.3 Å². The molecule has 2 heterocycles. The molecule has 0 aliphatic heterocycles. The Labute approximate surface area is 173 Å². The molecular formula is C23H25N3O2S. The molecule has 6 heteroatoms. The molecule has 1 amide bonds. The Morgan fingerprint density at radius 3 is 2.76 bits per heavy atom. The Morgan fingerprint density at radius 1 is 1.07 bits per heavy atom. The van der Waals surface area contributed by atoms with E-state index in [-0.39, 0.29) is 11.5 Å². The second kappa shape index (κ2) is 7.75. The molecule has 0 unspecified atom stereocenters. The number of amides is 1. The Hall–Kier alpha value is -2.47. The number of hydrogen-bond donors (Lipinski definition) is 2. The summed E-state index contributed by atoms with van der Waals surface area (Å²) in [6.07, 6.45) is 9.62.